The summed E-state index contributed by atoms with van der Waals surface area (Å²) >= 11 is 6.42. The summed E-state index contributed by atoms with van der Waals surface area (Å²) in [4.78, 5) is 31.4. The number of carbonyl (C=O) groups excluding carboxylic acids is 1. The normalized spacial score (nSPS) is 22.2. The fourth-order valence-electron chi connectivity index (χ4n) is 5.77. The molecule has 10 nitrogen and oxygen atoms in total. The van der Waals surface area contributed by atoms with Crippen molar-refractivity contribution in [1.29, 1.82) is 0 Å². The number of anilines is 1. The van der Waals surface area contributed by atoms with Gasteiger partial charge in [-0.05, 0) is 49.3 Å². The van der Waals surface area contributed by atoms with Gasteiger partial charge in [0.25, 0.3) is 0 Å². The lowest BCUT2D eigenvalue weighted by Gasteiger charge is -2.28. The van der Waals surface area contributed by atoms with Crippen LogP contribution in [0.1, 0.15) is 63.1 Å². The molecule has 2 aromatic heterocycles. The maximum absolute atomic E-state index is 11.8. The Labute approximate surface area is 243 Å². The number of aliphatic hydroxyl groups excluding tert-OH is 1. The number of nitrogens with one attached hydrogen (secondary N) is 3. The molecule has 6 rings (SSSR count). The van der Waals surface area contributed by atoms with Gasteiger partial charge in [-0.2, -0.15) is 4.98 Å². The smallest absolute Gasteiger partial charge is 0.391 e. The molecule has 4 aromatic rings. The number of aromatic nitrogens is 4. The third kappa shape index (κ3) is 5.86. The van der Waals surface area contributed by atoms with Gasteiger partial charge in [0, 0.05) is 17.1 Å². The van der Waals surface area contributed by atoms with Gasteiger partial charge in [0.05, 0.1) is 12.1 Å². The van der Waals surface area contributed by atoms with E-state index < -0.39 is 24.4 Å². The monoisotopic (exact) mass is 575 g/mol. The molecule has 3 atom stereocenters. The lowest BCUT2D eigenvalue weighted by atomic mass is 9.83. The van der Waals surface area contributed by atoms with Gasteiger partial charge >= 0.3 is 6.09 Å². The maximum atomic E-state index is 11.8. The Morgan fingerprint density at radius 2 is 1.88 bits per heavy atom. The van der Waals surface area contributed by atoms with Crippen molar-refractivity contribution >= 4 is 34.8 Å². The van der Waals surface area contributed by atoms with E-state index in [0.717, 1.165) is 41.9 Å². The van der Waals surface area contributed by atoms with Crippen LogP contribution in [0.25, 0.3) is 22.4 Å². The molecule has 2 aliphatic rings. The number of nitrogens with zero attached hydrogens (tertiary/aromatic N) is 4. The molecule has 1 amide bonds. The lowest BCUT2D eigenvalue weighted by Crippen LogP contribution is -2.26. The largest absolute Gasteiger partial charge is 0.427 e. The van der Waals surface area contributed by atoms with Crippen molar-refractivity contribution in [2.45, 2.75) is 64.4 Å². The van der Waals surface area contributed by atoms with Crippen molar-refractivity contribution in [1.82, 2.24) is 30.3 Å². The highest BCUT2D eigenvalue weighted by atomic mass is 35.5. The summed E-state index contributed by atoms with van der Waals surface area (Å²) in [5, 5.41) is 17.6. The topological polar surface area (TPSA) is 126 Å². The minimum Gasteiger partial charge on any atom is -0.391 e. The van der Waals surface area contributed by atoms with Crippen LogP contribution in [0, 0.1) is 11.8 Å². The van der Waals surface area contributed by atoms with Crippen LogP contribution >= 0.6 is 11.6 Å². The number of hydroxylamine groups is 1. The fraction of sp³-hybridized carbons (Fsp3) is 0.400. The Morgan fingerprint density at radius 3 is 2.56 bits per heavy atom. The van der Waals surface area contributed by atoms with Crippen molar-refractivity contribution in [2.75, 3.05) is 5.32 Å². The van der Waals surface area contributed by atoms with E-state index in [9.17, 15) is 9.90 Å². The van der Waals surface area contributed by atoms with E-state index >= 15 is 0 Å². The fourth-order valence-corrected chi connectivity index (χ4v) is 5.96. The Balaban J connectivity index is 1.52. The van der Waals surface area contributed by atoms with Crippen LogP contribution in [0.15, 0.2) is 54.6 Å². The van der Waals surface area contributed by atoms with Gasteiger partial charge < -0.3 is 19.8 Å². The molecular weight excluding hydrogens is 542 g/mol. The van der Waals surface area contributed by atoms with Gasteiger partial charge in [0.1, 0.15) is 11.2 Å². The second kappa shape index (κ2) is 11.6. The summed E-state index contributed by atoms with van der Waals surface area (Å²) < 4.78 is 2.16. The summed E-state index contributed by atoms with van der Waals surface area (Å²) in [6, 6.07) is 17.0. The van der Waals surface area contributed by atoms with Crippen molar-refractivity contribution < 1.29 is 14.7 Å². The second-order valence-electron chi connectivity index (χ2n) is 11.1. The quantitative estimate of drug-likeness (QED) is 0.209. The van der Waals surface area contributed by atoms with E-state index in [1.165, 1.54) is 12.8 Å². The number of halogens is 1. The highest BCUT2D eigenvalue weighted by molar-refractivity contribution is 6.30. The Hall–Kier alpha value is -3.73. The molecule has 0 spiro atoms. The minimum atomic E-state index is -0.735. The number of aliphatic hydroxyl groups is 1. The van der Waals surface area contributed by atoms with E-state index in [1.807, 2.05) is 54.6 Å². The predicted molar refractivity (Wildman–Crippen MR) is 157 cm³/mol. The van der Waals surface area contributed by atoms with Crippen molar-refractivity contribution in [3.05, 3.63) is 71.0 Å². The van der Waals surface area contributed by atoms with Gasteiger partial charge in [-0.1, -0.05) is 73.8 Å². The number of carbonyl (C=O) groups is 1. The number of hydrogen-bond donors (Lipinski definition) is 4. The standard InChI is InChI=1S/C30H34ClN7O3/c1-17-11-13-19(14-12-17)16-38-25-24(21-9-6-10-22(31)15-21)32-27(28-36-30(40)41-37-28)34-26(25)35-29(38)33-23(18(2)39)20-7-4-3-5-8-20/h3-10,15,17-19,23,28,37,39H,11-14,16H2,1-2H3,(H,36,40)(H,32,33,34,35)/t17?,18-,19?,23-,28?/m0/s1. The first-order chi connectivity index (χ1) is 19.9. The molecule has 2 fully saturated rings. The average molecular weight is 576 g/mol. The number of benzene rings is 2. The van der Waals surface area contributed by atoms with Crippen LogP contribution in [-0.2, 0) is 11.4 Å². The molecular formula is C30H34ClN7O3. The first-order valence-corrected chi connectivity index (χ1v) is 14.5. The molecule has 11 heteroatoms. The van der Waals surface area contributed by atoms with E-state index in [0.29, 0.717) is 34.1 Å². The van der Waals surface area contributed by atoms with Crippen LogP contribution in [0.4, 0.5) is 10.7 Å². The molecule has 3 heterocycles. The number of imidazole rings is 1. The van der Waals surface area contributed by atoms with Crippen LogP contribution in [0.5, 0.6) is 0 Å². The molecule has 2 aromatic carbocycles. The Kier molecular flexibility index (Phi) is 7.79. The van der Waals surface area contributed by atoms with E-state index in [2.05, 4.69) is 27.6 Å². The zero-order valence-corrected chi connectivity index (χ0v) is 23.8. The van der Waals surface area contributed by atoms with Crippen molar-refractivity contribution in [2.24, 2.45) is 11.8 Å². The molecule has 41 heavy (non-hydrogen) atoms. The molecule has 0 radical (unpaired) electrons. The predicted octanol–water partition coefficient (Wildman–Crippen LogP) is 5.75. The molecule has 1 saturated carbocycles. The number of fused-ring (bicyclic) bond motifs is 1. The van der Waals surface area contributed by atoms with Gasteiger partial charge in [0.15, 0.2) is 17.6 Å². The van der Waals surface area contributed by atoms with E-state index in [-0.39, 0.29) is 0 Å². The Morgan fingerprint density at radius 1 is 1.10 bits per heavy atom. The highest BCUT2D eigenvalue weighted by Gasteiger charge is 2.31. The van der Waals surface area contributed by atoms with E-state index in [4.69, 9.17) is 31.4 Å². The summed E-state index contributed by atoms with van der Waals surface area (Å²) in [6.07, 6.45) is 2.60. The number of rotatable bonds is 8. The number of amides is 1. The van der Waals surface area contributed by atoms with Gasteiger partial charge in [0.2, 0.25) is 5.95 Å². The average Bonchev–Trinajstić information content (AvgIpc) is 3.56. The van der Waals surface area contributed by atoms with Crippen LogP contribution in [-0.4, -0.2) is 36.8 Å². The SMILES string of the molecule is CC1CCC(Cn2c(N[C@H](c3ccccc3)[C@H](C)O)nc3nc(C4NOC(=O)N4)nc(-c4cccc(Cl)c4)c32)CC1. The summed E-state index contributed by atoms with van der Waals surface area (Å²) in [5.41, 5.74) is 6.27. The van der Waals surface area contributed by atoms with Crippen LogP contribution < -0.4 is 16.1 Å². The maximum Gasteiger partial charge on any atom is 0.427 e. The van der Waals surface area contributed by atoms with Gasteiger partial charge in [-0.3, -0.25) is 5.32 Å². The summed E-state index contributed by atoms with van der Waals surface area (Å²) in [6.45, 7) is 4.81. The van der Waals surface area contributed by atoms with Crippen LogP contribution in [0.2, 0.25) is 5.02 Å². The van der Waals surface area contributed by atoms with Gasteiger partial charge in [-0.25, -0.2) is 14.8 Å². The molecule has 1 aliphatic heterocycles. The molecule has 1 unspecified atom stereocenters. The molecule has 0 bridgehead atoms. The van der Waals surface area contributed by atoms with Gasteiger partial charge in [-0.15, -0.1) is 5.48 Å². The number of hydrogen-bond acceptors (Lipinski definition) is 8. The first-order valence-electron chi connectivity index (χ1n) is 14.1. The van der Waals surface area contributed by atoms with Crippen LogP contribution in [0.3, 0.4) is 0 Å². The third-order valence-corrected chi connectivity index (χ3v) is 8.25. The summed E-state index contributed by atoms with van der Waals surface area (Å²) in [5.74, 6) is 2.10. The first kappa shape index (κ1) is 27.4. The minimum absolute atomic E-state index is 0.316. The zero-order chi connectivity index (χ0) is 28.5. The zero-order valence-electron chi connectivity index (χ0n) is 23.0. The summed E-state index contributed by atoms with van der Waals surface area (Å²) in [7, 11) is 0. The van der Waals surface area contributed by atoms with E-state index in [1.54, 1.807) is 6.92 Å². The van der Waals surface area contributed by atoms with Crippen molar-refractivity contribution in [3.8, 4) is 11.3 Å². The molecule has 1 saturated heterocycles. The third-order valence-electron chi connectivity index (χ3n) is 8.01. The Bertz CT molecular complexity index is 1540. The second-order valence-corrected chi connectivity index (χ2v) is 11.6. The molecule has 214 valence electrons. The van der Waals surface area contributed by atoms with Crippen molar-refractivity contribution in [3.63, 3.8) is 0 Å². The highest BCUT2D eigenvalue weighted by Crippen LogP contribution is 2.36. The lowest BCUT2D eigenvalue weighted by molar-refractivity contribution is 0.120. The molecule has 1 aliphatic carbocycles. The molecule has 4 N–H and O–H groups in total.